The van der Waals surface area contributed by atoms with Crippen LogP contribution in [0, 0.1) is 5.92 Å². The zero-order valence-electron chi connectivity index (χ0n) is 20.2. The molecule has 0 atom stereocenters. The molecule has 35 heavy (non-hydrogen) atoms. The molecular weight excluding hydrogens is 452 g/mol. The Balaban J connectivity index is 1.95. The Hall–Kier alpha value is -4.01. The molecule has 0 radical (unpaired) electrons. The molecule has 1 heterocycles. The van der Waals surface area contributed by atoms with Gasteiger partial charge in [-0.25, -0.2) is 13.8 Å². The first-order valence-corrected chi connectivity index (χ1v) is 11.0. The van der Waals surface area contributed by atoms with Crippen molar-refractivity contribution in [3.8, 4) is 5.75 Å². The highest BCUT2D eigenvalue weighted by Gasteiger charge is 2.40. The highest BCUT2D eigenvalue weighted by Crippen LogP contribution is 2.41. The Morgan fingerprint density at radius 3 is 2.57 bits per heavy atom. The van der Waals surface area contributed by atoms with Crippen molar-refractivity contribution in [3.63, 3.8) is 0 Å². The first-order valence-electron chi connectivity index (χ1n) is 11.0. The number of carbonyl (C=O) groups excluding carboxylic acids is 1. The lowest BCUT2D eigenvalue weighted by Crippen LogP contribution is -2.26. The van der Waals surface area contributed by atoms with Gasteiger partial charge < -0.3 is 20.3 Å². The van der Waals surface area contributed by atoms with Crippen molar-refractivity contribution in [2.24, 2.45) is 5.92 Å². The number of halogens is 2. The third-order valence-corrected chi connectivity index (χ3v) is 5.47. The van der Waals surface area contributed by atoms with Gasteiger partial charge in [0, 0.05) is 43.1 Å². The molecule has 7 nitrogen and oxygen atoms in total. The van der Waals surface area contributed by atoms with Crippen molar-refractivity contribution in [2.75, 3.05) is 24.4 Å². The van der Waals surface area contributed by atoms with Gasteiger partial charge in [0.05, 0.1) is 12.7 Å². The summed E-state index contributed by atoms with van der Waals surface area (Å²) in [7, 11) is 3.23. The number of rotatable bonds is 10. The number of hydrogen-bond acceptors (Lipinski definition) is 6. The van der Waals surface area contributed by atoms with E-state index in [0.29, 0.717) is 23.7 Å². The fourth-order valence-electron chi connectivity index (χ4n) is 3.29. The van der Waals surface area contributed by atoms with Gasteiger partial charge in [-0.2, -0.15) is 4.98 Å². The van der Waals surface area contributed by atoms with Crippen LogP contribution in [0.2, 0.25) is 0 Å². The van der Waals surface area contributed by atoms with E-state index in [9.17, 15) is 4.79 Å². The first-order chi connectivity index (χ1) is 16.6. The molecule has 1 aromatic heterocycles. The molecule has 0 aliphatic heterocycles. The number of carbonyl (C=O) groups is 1. The third kappa shape index (κ3) is 6.11. The second-order valence-electron chi connectivity index (χ2n) is 8.21. The molecule has 0 bridgehead atoms. The molecule has 0 fully saturated rings. The van der Waals surface area contributed by atoms with Crippen LogP contribution in [0.25, 0.3) is 0 Å². The zero-order valence-corrected chi connectivity index (χ0v) is 20.2. The quantitative estimate of drug-likeness (QED) is 0.370. The van der Waals surface area contributed by atoms with Gasteiger partial charge in [-0.15, -0.1) is 0 Å². The molecule has 2 N–H and O–H groups in total. The molecule has 0 saturated carbocycles. The number of nitrogens with zero attached hydrogens (tertiary/aromatic N) is 3. The minimum atomic E-state index is -3.15. The molecular formula is C26H29F2N5O2. The number of anilines is 4. The van der Waals surface area contributed by atoms with E-state index in [-0.39, 0.29) is 23.2 Å². The maximum absolute atomic E-state index is 15.2. The number of hydrogen-bond donors (Lipinski definition) is 2. The number of ether oxygens (including phenoxy) is 1. The van der Waals surface area contributed by atoms with E-state index in [1.165, 1.54) is 26.1 Å². The van der Waals surface area contributed by atoms with Gasteiger partial charge in [0.15, 0.2) is 0 Å². The molecule has 0 aliphatic rings. The van der Waals surface area contributed by atoms with Crippen molar-refractivity contribution in [1.82, 2.24) is 15.3 Å². The summed E-state index contributed by atoms with van der Waals surface area (Å²) in [6.07, 6.45) is 2.37. The monoisotopic (exact) mass is 481 g/mol. The van der Waals surface area contributed by atoms with E-state index in [1.807, 2.05) is 12.1 Å². The topological polar surface area (TPSA) is 79.4 Å². The number of methoxy groups -OCH3 is 1. The Kier molecular flexibility index (Phi) is 8.01. The average molecular weight is 482 g/mol. The lowest BCUT2D eigenvalue weighted by molar-refractivity contribution is -0.116. The summed E-state index contributed by atoms with van der Waals surface area (Å²) in [5.41, 5.74) is 1.89. The van der Waals surface area contributed by atoms with Crippen LogP contribution in [0.1, 0.15) is 25.0 Å². The number of aromatic nitrogens is 2. The highest BCUT2D eigenvalue weighted by molar-refractivity contribution is 5.86. The van der Waals surface area contributed by atoms with Gasteiger partial charge >= 0.3 is 0 Å². The van der Waals surface area contributed by atoms with Crippen LogP contribution in [-0.2, 0) is 17.3 Å². The van der Waals surface area contributed by atoms with Crippen molar-refractivity contribution in [3.05, 3.63) is 78.5 Å². The lowest BCUT2D eigenvalue weighted by atomic mass is 9.99. The smallest absolute Gasteiger partial charge is 0.280 e. The van der Waals surface area contributed by atoms with Gasteiger partial charge in [0.25, 0.3) is 5.92 Å². The Labute approximate surface area is 203 Å². The molecule has 1 amide bonds. The minimum absolute atomic E-state index is 0.0804. The van der Waals surface area contributed by atoms with Gasteiger partial charge in [0.1, 0.15) is 11.6 Å². The van der Waals surface area contributed by atoms with E-state index >= 15 is 8.78 Å². The van der Waals surface area contributed by atoms with Crippen molar-refractivity contribution in [1.29, 1.82) is 0 Å². The summed E-state index contributed by atoms with van der Waals surface area (Å²) in [6.45, 7) is 6.66. The van der Waals surface area contributed by atoms with Crippen LogP contribution in [0.15, 0.2) is 67.4 Å². The predicted molar refractivity (Wildman–Crippen MR) is 134 cm³/mol. The van der Waals surface area contributed by atoms with E-state index in [2.05, 4.69) is 27.2 Å². The Morgan fingerprint density at radius 1 is 1.23 bits per heavy atom. The fraction of sp³-hybridized carbons (Fsp3) is 0.269. The molecule has 3 rings (SSSR count). The summed E-state index contributed by atoms with van der Waals surface area (Å²) >= 11 is 0. The number of amides is 1. The van der Waals surface area contributed by atoms with Crippen molar-refractivity contribution in [2.45, 2.75) is 26.3 Å². The van der Waals surface area contributed by atoms with Crippen LogP contribution in [0.5, 0.6) is 5.75 Å². The molecule has 184 valence electrons. The van der Waals surface area contributed by atoms with Crippen LogP contribution in [0.3, 0.4) is 0 Å². The van der Waals surface area contributed by atoms with Gasteiger partial charge in [0.2, 0.25) is 11.9 Å². The maximum atomic E-state index is 15.2. The molecule has 0 saturated heterocycles. The highest BCUT2D eigenvalue weighted by atomic mass is 19.3. The number of benzene rings is 2. The largest absolute Gasteiger partial charge is 0.497 e. The third-order valence-electron chi connectivity index (χ3n) is 5.47. The summed E-state index contributed by atoms with van der Waals surface area (Å²) in [6, 6.07) is 14.3. The average Bonchev–Trinajstić information content (AvgIpc) is 2.87. The lowest BCUT2D eigenvalue weighted by Gasteiger charge is -2.27. The minimum Gasteiger partial charge on any atom is -0.497 e. The molecule has 0 unspecified atom stereocenters. The van der Waals surface area contributed by atoms with E-state index < -0.39 is 11.8 Å². The summed E-state index contributed by atoms with van der Waals surface area (Å²) in [5, 5.41) is 5.75. The summed E-state index contributed by atoms with van der Waals surface area (Å²) in [4.78, 5) is 21.6. The van der Waals surface area contributed by atoms with Crippen molar-refractivity contribution < 1.29 is 18.3 Å². The van der Waals surface area contributed by atoms with Crippen LogP contribution in [0.4, 0.5) is 31.9 Å². The van der Waals surface area contributed by atoms with Crippen LogP contribution in [-0.4, -0.2) is 30.0 Å². The van der Waals surface area contributed by atoms with Gasteiger partial charge in [-0.3, -0.25) is 4.79 Å². The molecule has 0 spiro atoms. The van der Waals surface area contributed by atoms with Gasteiger partial charge in [-0.05, 0) is 35.9 Å². The van der Waals surface area contributed by atoms with Crippen LogP contribution >= 0.6 is 0 Å². The molecule has 2 aromatic carbocycles. The summed E-state index contributed by atoms with van der Waals surface area (Å²) < 4.78 is 35.5. The second-order valence-corrected chi connectivity index (χ2v) is 8.21. The Bertz CT molecular complexity index is 1180. The number of nitrogens with one attached hydrogen (secondary N) is 2. The van der Waals surface area contributed by atoms with E-state index in [4.69, 9.17) is 4.74 Å². The number of alkyl halides is 2. The molecule has 9 heteroatoms. The SMILES string of the molecule is C=CC(=O)NCc1ccc(N(C)c2nc(Nc3cccc(OC)c3)ncc2C(F)(F)C(C)C)cc1. The zero-order chi connectivity index (χ0) is 25.6. The fourth-order valence-corrected chi connectivity index (χ4v) is 3.29. The maximum Gasteiger partial charge on any atom is 0.280 e. The standard InChI is InChI=1S/C26H29F2N5O2/c1-6-23(34)29-15-18-10-12-20(13-11-18)33(4)24-22(26(27,28)17(2)3)16-30-25(32-24)31-19-8-7-9-21(14-19)35-5/h6-14,16-17H,1,15H2,2-5H3,(H,29,34)(H,30,31,32). The second kappa shape index (κ2) is 10.9. The summed E-state index contributed by atoms with van der Waals surface area (Å²) in [5.74, 6) is -3.48. The normalized spacial score (nSPS) is 11.2. The van der Waals surface area contributed by atoms with Crippen LogP contribution < -0.4 is 20.3 Å². The molecule has 0 aliphatic carbocycles. The molecule has 3 aromatic rings. The Morgan fingerprint density at radius 2 is 1.94 bits per heavy atom. The van der Waals surface area contributed by atoms with E-state index in [0.717, 1.165) is 5.56 Å². The first kappa shape index (κ1) is 25.6. The van der Waals surface area contributed by atoms with E-state index in [1.54, 1.807) is 55.5 Å². The predicted octanol–water partition coefficient (Wildman–Crippen LogP) is 5.55. The van der Waals surface area contributed by atoms with Gasteiger partial charge in [-0.1, -0.05) is 38.6 Å². The van der Waals surface area contributed by atoms with Crippen molar-refractivity contribution >= 4 is 29.0 Å².